The Morgan fingerprint density at radius 3 is 2.68 bits per heavy atom. The van der Waals surface area contributed by atoms with Crippen LogP contribution in [0.1, 0.15) is 23.0 Å². The lowest BCUT2D eigenvalue weighted by Crippen LogP contribution is -2.20. The molecule has 0 fully saturated rings. The highest BCUT2D eigenvalue weighted by Gasteiger charge is 2.37. The van der Waals surface area contributed by atoms with Gasteiger partial charge in [-0.25, -0.2) is 0 Å². The number of hydrogen-bond acceptors (Lipinski definition) is 5. The van der Waals surface area contributed by atoms with Gasteiger partial charge in [0.15, 0.2) is 0 Å². The molecule has 0 spiro atoms. The van der Waals surface area contributed by atoms with Crippen LogP contribution in [0.2, 0.25) is 0 Å². The van der Waals surface area contributed by atoms with Crippen molar-refractivity contribution in [2.24, 2.45) is 5.73 Å². The maximum absolute atomic E-state index is 9.73. The minimum absolute atomic E-state index is 0.0469. The summed E-state index contributed by atoms with van der Waals surface area (Å²) < 4.78 is 11.5. The van der Waals surface area contributed by atoms with Crippen molar-refractivity contribution in [1.29, 1.82) is 5.26 Å². The van der Waals surface area contributed by atoms with Crippen molar-refractivity contribution in [3.63, 3.8) is 0 Å². The number of aromatic nitrogens is 2. The van der Waals surface area contributed by atoms with Crippen LogP contribution >= 0.6 is 0 Å². The van der Waals surface area contributed by atoms with Crippen molar-refractivity contribution >= 4 is 10.8 Å². The minimum atomic E-state index is -0.484. The molecule has 0 saturated heterocycles. The number of rotatable bonds is 2. The van der Waals surface area contributed by atoms with E-state index in [0.29, 0.717) is 17.2 Å². The summed E-state index contributed by atoms with van der Waals surface area (Å²) in [7, 11) is 0. The number of nitrogens with two attached hydrogens (primary N) is 1. The first-order valence-electron chi connectivity index (χ1n) is 8.87. The van der Waals surface area contributed by atoms with Crippen LogP contribution in [0.5, 0.6) is 5.88 Å². The Morgan fingerprint density at radius 1 is 1.11 bits per heavy atom. The molecule has 4 aromatic rings. The SMILES string of the molecule is Cc1ccc(C2C(C#N)=C(N)Oc3n[nH]c(-c4ccc5ccccc5c4)c32)o1. The van der Waals surface area contributed by atoms with Gasteiger partial charge in [0, 0.05) is 5.56 Å². The molecule has 136 valence electrons. The zero-order valence-electron chi connectivity index (χ0n) is 15.1. The maximum Gasteiger partial charge on any atom is 0.244 e. The molecule has 3 N–H and O–H groups in total. The monoisotopic (exact) mass is 368 g/mol. The number of H-pyrrole nitrogens is 1. The van der Waals surface area contributed by atoms with E-state index in [1.54, 1.807) is 0 Å². The van der Waals surface area contributed by atoms with Crippen LogP contribution in [0.3, 0.4) is 0 Å². The van der Waals surface area contributed by atoms with Crippen molar-refractivity contribution < 1.29 is 9.15 Å². The van der Waals surface area contributed by atoms with Gasteiger partial charge >= 0.3 is 0 Å². The molecule has 0 aliphatic carbocycles. The van der Waals surface area contributed by atoms with Crippen molar-refractivity contribution in [3.05, 3.63) is 83.1 Å². The smallest absolute Gasteiger partial charge is 0.244 e. The molecular weight excluding hydrogens is 352 g/mol. The summed E-state index contributed by atoms with van der Waals surface area (Å²) in [6, 6.07) is 20.2. The predicted molar refractivity (Wildman–Crippen MR) is 104 cm³/mol. The Kier molecular flexibility index (Phi) is 3.49. The van der Waals surface area contributed by atoms with Crippen LogP contribution in [0, 0.1) is 18.3 Å². The Bertz CT molecular complexity index is 1290. The summed E-state index contributed by atoms with van der Waals surface area (Å²) in [5.74, 6) is 1.31. The normalized spacial score (nSPS) is 15.9. The highest BCUT2D eigenvalue weighted by Crippen LogP contribution is 2.46. The van der Waals surface area contributed by atoms with Gasteiger partial charge < -0.3 is 14.9 Å². The third-order valence-electron chi connectivity index (χ3n) is 5.02. The van der Waals surface area contributed by atoms with E-state index in [2.05, 4.69) is 40.5 Å². The van der Waals surface area contributed by atoms with Crippen LogP contribution in [-0.2, 0) is 0 Å². The Morgan fingerprint density at radius 2 is 1.93 bits per heavy atom. The van der Waals surface area contributed by atoms with Crippen molar-refractivity contribution in [1.82, 2.24) is 10.2 Å². The lowest BCUT2D eigenvalue weighted by Gasteiger charge is -2.22. The number of nitrogens with zero attached hydrogens (tertiary/aromatic N) is 2. The molecule has 1 unspecified atom stereocenters. The standard InChI is InChI=1S/C22H16N4O2/c1-12-6-9-17(27-12)18-16(11-23)21(24)28-22-19(18)20(25-26-22)15-8-7-13-4-2-3-5-14(13)10-15/h2-10,18H,24H2,1H3,(H,25,26). The summed E-state index contributed by atoms with van der Waals surface area (Å²) >= 11 is 0. The van der Waals surface area contributed by atoms with Crippen molar-refractivity contribution in [3.8, 4) is 23.2 Å². The van der Waals surface area contributed by atoms with E-state index in [9.17, 15) is 5.26 Å². The van der Waals surface area contributed by atoms with Crippen LogP contribution < -0.4 is 10.5 Å². The lowest BCUT2D eigenvalue weighted by molar-refractivity contribution is 0.369. The Hall–Kier alpha value is -3.98. The van der Waals surface area contributed by atoms with Crippen LogP contribution in [0.25, 0.3) is 22.0 Å². The second kappa shape index (κ2) is 6.03. The molecular formula is C22H16N4O2. The lowest BCUT2D eigenvalue weighted by atomic mass is 9.86. The van der Waals surface area contributed by atoms with Gasteiger partial charge in [0.05, 0.1) is 17.2 Å². The molecule has 0 radical (unpaired) electrons. The Labute approximate surface area is 160 Å². The molecule has 0 amide bonds. The molecule has 6 heteroatoms. The molecule has 3 heterocycles. The molecule has 1 aliphatic rings. The molecule has 2 aromatic heterocycles. The number of fused-ring (bicyclic) bond motifs is 2. The Balaban J connectivity index is 1.73. The molecule has 28 heavy (non-hydrogen) atoms. The van der Waals surface area contributed by atoms with Gasteiger partial charge in [-0.05, 0) is 35.9 Å². The third-order valence-corrected chi connectivity index (χ3v) is 5.02. The number of hydrogen-bond donors (Lipinski definition) is 2. The van der Waals surface area contributed by atoms with E-state index in [0.717, 1.165) is 33.4 Å². The van der Waals surface area contributed by atoms with Crippen molar-refractivity contribution in [2.45, 2.75) is 12.8 Å². The van der Waals surface area contributed by atoms with Crippen LogP contribution in [-0.4, -0.2) is 10.2 Å². The first kappa shape index (κ1) is 16.2. The van der Waals surface area contributed by atoms with Crippen molar-refractivity contribution in [2.75, 3.05) is 0 Å². The van der Waals surface area contributed by atoms with E-state index in [-0.39, 0.29) is 5.88 Å². The average molecular weight is 368 g/mol. The number of ether oxygens (including phenoxy) is 1. The van der Waals surface area contributed by atoms with Crippen LogP contribution in [0.4, 0.5) is 0 Å². The number of benzene rings is 2. The molecule has 0 bridgehead atoms. The molecule has 2 aromatic carbocycles. The molecule has 6 nitrogen and oxygen atoms in total. The second-order valence-corrected chi connectivity index (χ2v) is 6.75. The van der Waals surface area contributed by atoms with Gasteiger partial charge in [-0.3, -0.25) is 5.10 Å². The number of furan rings is 1. The average Bonchev–Trinajstić information content (AvgIpc) is 3.32. The summed E-state index contributed by atoms with van der Waals surface area (Å²) in [5, 5.41) is 19.3. The van der Waals surface area contributed by atoms with Gasteiger partial charge in [-0.15, -0.1) is 5.10 Å². The summed E-state index contributed by atoms with van der Waals surface area (Å²) in [6.07, 6.45) is 0. The summed E-state index contributed by atoms with van der Waals surface area (Å²) in [4.78, 5) is 0. The molecule has 5 rings (SSSR count). The fourth-order valence-electron chi connectivity index (χ4n) is 3.70. The minimum Gasteiger partial charge on any atom is -0.465 e. The number of nitriles is 1. The highest BCUT2D eigenvalue weighted by atomic mass is 16.5. The number of aryl methyl sites for hydroxylation is 1. The third kappa shape index (κ3) is 2.37. The van der Waals surface area contributed by atoms with E-state index >= 15 is 0 Å². The zero-order valence-corrected chi connectivity index (χ0v) is 15.1. The predicted octanol–water partition coefficient (Wildman–Crippen LogP) is 4.35. The topological polar surface area (TPSA) is 101 Å². The number of allylic oxidation sites excluding steroid dienone is 1. The fourth-order valence-corrected chi connectivity index (χ4v) is 3.70. The van der Waals surface area contributed by atoms with Gasteiger partial charge in [-0.1, -0.05) is 36.4 Å². The first-order chi connectivity index (χ1) is 13.7. The fraction of sp³-hybridized carbons (Fsp3) is 0.0909. The summed E-state index contributed by atoms with van der Waals surface area (Å²) in [5.41, 5.74) is 8.78. The highest BCUT2D eigenvalue weighted by molar-refractivity contribution is 5.87. The molecule has 0 saturated carbocycles. The van der Waals surface area contributed by atoms with E-state index in [1.807, 2.05) is 37.3 Å². The second-order valence-electron chi connectivity index (χ2n) is 6.75. The van der Waals surface area contributed by atoms with Crippen LogP contribution in [0.15, 0.2) is 70.5 Å². The van der Waals surface area contributed by atoms with E-state index in [1.165, 1.54) is 0 Å². The maximum atomic E-state index is 9.73. The number of nitrogens with one attached hydrogen (secondary N) is 1. The largest absolute Gasteiger partial charge is 0.465 e. The van der Waals surface area contributed by atoms with Gasteiger partial charge in [-0.2, -0.15) is 5.26 Å². The summed E-state index contributed by atoms with van der Waals surface area (Å²) in [6.45, 7) is 1.86. The quantitative estimate of drug-likeness (QED) is 0.548. The van der Waals surface area contributed by atoms with E-state index < -0.39 is 5.92 Å². The molecule has 1 aliphatic heterocycles. The van der Waals surface area contributed by atoms with E-state index in [4.69, 9.17) is 14.9 Å². The first-order valence-corrected chi connectivity index (χ1v) is 8.87. The van der Waals surface area contributed by atoms with Gasteiger partial charge in [0.25, 0.3) is 0 Å². The van der Waals surface area contributed by atoms with Gasteiger partial charge in [0.1, 0.15) is 23.2 Å². The zero-order chi connectivity index (χ0) is 19.3. The number of aromatic amines is 1. The van der Waals surface area contributed by atoms with Gasteiger partial charge in [0.2, 0.25) is 11.8 Å². The molecule has 1 atom stereocenters.